The first kappa shape index (κ1) is 16.7. The third-order valence-electron chi connectivity index (χ3n) is 3.86. The van der Waals surface area contributed by atoms with Crippen molar-refractivity contribution >= 4 is 17.2 Å². The van der Waals surface area contributed by atoms with Crippen molar-refractivity contribution in [1.29, 1.82) is 0 Å². The lowest BCUT2D eigenvalue weighted by Crippen LogP contribution is -2.29. The average molecular weight is 348 g/mol. The van der Waals surface area contributed by atoms with E-state index in [1.807, 2.05) is 5.38 Å². The van der Waals surface area contributed by atoms with E-state index in [1.54, 1.807) is 30.8 Å². The average Bonchev–Trinajstić information content (AvgIpc) is 3.31. The first-order valence-electron chi connectivity index (χ1n) is 7.80. The van der Waals surface area contributed by atoms with Gasteiger partial charge in [-0.1, -0.05) is 0 Å². The van der Waals surface area contributed by atoms with Gasteiger partial charge in [-0.3, -0.25) is 4.79 Å². The number of rotatable bonds is 7. The summed E-state index contributed by atoms with van der Waals surface area (Å²) in [5, 5.41) is 4.87. The second-order valence-corrected chi connectivity index (χ2v) is 6.29. The molecule has 0 spiro atoms. The molecule has 1 unspecified atom stereocenters. The molecule has 1 aromatic heterocycles. The Morgan fingerprint density at radius 2 is 2.38 bits per heavy atom. The molecule has 128 valence electrons. The summed E-state index contributed by atoms with van der Waals surface area (Å²) >= 11 is 1.52. The van der Waals surface area contributed by atoms with Crippen LogP contribution in [0.15, 0.2) is 29.1 Å². The third-order valence-corrected chi connectivity index (χ3v) is 4.50. The van der Waals surface area contributed by atoms with Gasteiger partial charge in [-0.25, -0.2) is 4.98 Å². The molecule has 0 bridgehead atoms. The maximum absolute atomic E-state index is 12.3. The predicted molar refractivity (Wildman–Crippen MR) is 90.7 cm³/mol. The van der Waals surface area contributed by atoms with Gasteiger partial charge in [-0.15, -0.1) is 11.3 Å². The molecule has 6 nitrogen and oxygen atoms in total. The molecule has 1 atom stereocenters. The van der Waals surface area contributed by atoms with Crippen molar-refractivity contribution in [2.75, 3.05) is 26.9 Å². The topological polar surface area (TPSA) is 69.7 Å². The summed E-state index contributed by atoms with van der Waals surface area (Å²) in [6.45, 7) is 2.49. The summed E-state index contributed by atoms with van der Waals surface area (Å²) in [5.41, 5.74) is 3.17. The summed E-state index contributed by atoms with van der Waals surface area (Å²) in [6, 6.07) is 5.18. The monoisotopic (exact) mass is 348 g/mol. The zero-order chi connectivity index (χ0) is 16.8. The number of ether oxygens (including phenoxy) is 3. The highest BCUT2D eigenvalue weighted by Gasteiger charge is 2.17. The highest BCUT2D eigenvalue weighted by atomic mass is 32.1. The molecule has 0 radical (unpaired) electrons. The number of hydrogen-bond donors (Lipinski definition) is 1. The molecule has 7 heteroatoms. The van der Waals surface area contributed by atoms with Crippen molar-refractivity contribution in [3.05, 3.63) is 40.3 Å². The van der Waals surface area contributed by atoms with Gasteiger partial charge in [0, 0.05) is 30.0 Å². The normalized spacial score (nSPS) is 16.8. The number of benzene rings is 1. The van der Waals surface area contributed by atoms with E-state index in [4.69, 9.17) is 14.2 Å². The van der Waals surface area contributed by atoms with Gasteiger partial charge in [0.1, 0.15) is 6.61 Å². The zero-order valence-corrected chi connectivity index (χ0v) is 14.3. The maximum atomic E-state index is 12.3. The summed E-state index contributed by atoms with van der Waals surface area (Å²) < 4.78 is 16.4. The van der Waals surface area contributed by atoms with Gasteiger partial charge in [0.15, 0.2) is 11.5 Å². The smallest absolute Gasteiger partial charge is 0.251 e. The van der Waals surface area contributed by atoms with Gasteiger partial charge in [-0.2, -0.15) is 0 Å². The van der Waals surface area contributed by atoms with Crippen LogP contribution in [0.5, 0.6) is 11.5 Å². The first-order chi connectivity index (χ1) is 11.8. The molecule has 1 aliphatic rings. The van der Waals surface area contributed by atoms with Crippen LogP contribution in [0.3, 0.4) is 0 Å². The Bertz CT molecular complexity index is 669. The van der Waals surface area contributed by atoms with Crippen molar-refractivity contribution in [1.82, 2.24) is 10.3 Å². The number of carbonyl (C=O) groups is 1. The van der Waals surface area contributed by atoms with E-state index in [-0.39, 0.29) is 5.91 Å². The fourth-order valence-electron chi connectivity index (χ4n) is 2.47. The highest BCUT2D eigenvalue weighted by molar-refractivity contribution is 7.07. The van der Waals surface area contributed by atoms with Crippen LogP contribution < -0.4 is 14.8 Å². The van der Waals surface area contributed by atoms with Gasteiger partial charge in [0.05, 0.1) is 24.9 Å². The van der Waals surface area contributed by atoms with E-state index < -0.39 is 0 Å². The van der Waals surface area contributed by atoms with E-state index >= 15 is 0 Å². The van der Waals surface area contributed by atoms with Crippen LogP contribution in [0.4, 0.5) is 0 Å². The van der Waals surface area contributed by atoms with Crippen LogP contribution in [-0.4, -0.2) is 37.8 Å². The molecule has 1 aromatic carbocycles. The number of nitrogens with one attached hydrogen (secondary N) is 1. The van der Waals surface area contributed by atoms with E-state index in [2.05, 4.69) is 10.3 Å². The quantitative estimate of drug-likeness (QED) is 0.832. The molecular weight excluding hydrogens is 328 g/mol. The minimum absolute atomic E-state index is 0.119. The molecule has 1 fully saturated rings. The maximum Gasteiger partial charge on any atom is 0.251 e. The molecule has 3 rings (SSSR count). The Morgan fingerprint density at radius 1 is 1.46 bits per heavy atom. The molecule has 1 amide bonds. The summed E-state index contributed by atoms with van der Waals surface area (Å²) in [5.74, 6) is 1.40. The van der Waals surface area contributed by atoms with E-state index in [0.29, 0.717) is 42.7 Å². The largest absolute Gasteiger partial charge is 0.493 e. The number of amides is 1. The molecule has 24 heavy (non-hydrogen) atoms. The minimum atomic E-state index is -0.119. The molecule has 1 N–H and O–H groups in total. The Kier molecular flexibility index (Phi) is 5.66. The van der Waals surface area contributed by atoms with Gasteiger partial charge >= 0.3 is 0 Å². The van der Waals surface area contributed by atoms with Crippen molar-refractivity contribution in [2.24, 2.45) is 5.92 Å². The number of methoxy groups -OCH3 is 1. The van der Waals surface area contributed by atoms with Crippen molar-refractivity contribution in [3.63, 3.8) is 0 Å². The SMILES string of the molecule is COc1cc(C(=O)NCC2CCOC2)ccc1OCc1cscn1. The van der Waals surface area contributed by atoms with Gasteiger partial charge in [-0.05, 0) is 24.6 Å². The molecular formula is C17H20N2O4S. The number of thiazole rings is 1. The van der Waals surface area contributed by atoms with E-state index in [0.717, 1.165) is 18.7 Å². The van der Waals surface area contributed by atoms with Crippen LogP contribution in [-0.2, 0) is 11.3 Å². The van der Waals surface area contributed by atoms with Gasteiger partial charge < -0.3 is 19.5 Å². The summed E-state index contributed by atoms with van der Waals surface area (Å²) in [6.07, 6.45) is 0.993. The lowest BCUT2D eigenvalue weighted by molar-refractivity contribution is 0.0944. The number of carbonyl (C=O) groups excluding carboxylic acids is 1. The van der Waals surface area contributed by atoms with Crippen LogP contribution >= 0.6 is 11.3 Å². The van der Waals surface area contributed by atoms with Gasteiger partial charge in [0.2, 0.25) is 0 Å². The second kappa shape index (κ2) is 8.12. The predicted octanol–water partition coefficient (Wildman–Crippen LogP) is 2.50. The number of nitrogens with zero attached hydrogens (tertiary/aromatic N) is 1. The van der Waals surface area contributed by atoms with Crippen LogP contribution in [0.25, 0.3) is 0 Å². The zero-order valence-electron chi connectivity index (χ0n) is 13.5. The third kappa shape index (κ3) is 4.24. The van der Waals surface area contributed by atoms with E-state index in [1.165, 1.54) is 11.3 Å². The fraction of sp³-hybridized carbons (Fsp3) is 0.412. The summed E-state index contributed by atoms with van der Waals surface area (Å²) in [4.78, 5) is 16.4. The first-order valence-corrected chi connectivity index (χ1v) is 8.74. The number of hydrogen-bond acceptors (Lipinski definition) is 6. The van der Waals surface area contributed by atoms with Crippen LogP contribution in [0, 0.1) is 5.92 Å². The second-order valence-electron chi connectivity index (χ2n) is 5.57. The lowest BCUT2D eigenvalue weighted by Gasteiger charge is -2.13. The Balaban J connectivity index is 1.60. The lowest BCUT2D eigenvalue weighted by atomic mass is 10.1. The van der Waals surface area contributed by atoms with E-state index in [9.17, 15) is 4.79 Å². The molecule has 0 aliphatic carbocycles. The molecule has 1 saturated heterocycles. The van der Waals surface area contributed by atoms with Crippen molar-refractivity contribution in [3.8, 4) is 11.5 Å². The molecule has 0 saturated carbocycles. The van der Waals surface area contributed by atoms with Crippen molar-refractivity contribution in [2.45, 2.75) is 13.0 Å². The highest BCUT2D eigenvalue weighted by Crippen LogP contribution is 2.29. The Labute approximate surface area is 144 Å². The van der Waals surface area contributed by atoms with Crippen LogP contribution in [0.1, 0.15) is 22.5 Å². The fourth-order valence-corrected chi connectivity index (χ4v) is 3.02. The van der Waals surface area contributed by atoms with Crippen molar-refractivity contribution < 1.29 is 19.0 Å². The van der Waals surface area contributed by atoms with Crippen LogP contribution in [0.2, 0.25) is 0 Å². The van der Waals surface area contributed by atoms with Gasteiger partial charge in [0.25, 0.3) is 5.91 Å². The molecule has 1 aliphatic heterocycles. The molecule has 2 heterocycles. The minimum Gasteiger partial charge on any atom is -0.493 e. The number of aromatic nitrogens is 1. The molecule has 2 aromatic rings. The Morgan fingerprint density at radius 3 is 3.08 bits per heavy atom. The standard InChI is InChI=1S/C17H20N2O4S/c1-21-16-6-13(17(20)18-7-12-4-5-22-8-12)2-3-15(16)23-9-14-10-24-11-19-14/h2-3,6,10-12H,4-5,7-9H2,1H3,(H,18,20). The Hall–Kier alpha value is -2.12. The summed E-state index contributed by atoms with van der Waals surface area (Å²) in [7, 11) is 1.56.